The average molecular weight is 280 g/mol. The molecule has 1 saturated heterocycles. The van der Waals surface area contributed by atoms with Gasteiger partial charge in [-0.15, -0.1) is 0 Å². The molecule has 2 atom stereocenters. The highest BCUT2D eigenvalue weighted by molar-refractivity contribution is 4.97. The van der Waals surface area contributed by atoms with Crippen molar-refractivity contribution in [3.63, 3.8) is 0 Å². The normalized spacial score (nSPS) is 23.4. The number of aromatic nitrogens is 3. The van der Waals surface area contributed by atoms with Gasteiger partial charge in [-0.05, 0) is 35.0 Å². The zero-order valence-corrected chi connectivity index (χ0v) is 13.4. The fraction of sp³-hybridized carbons (Fsp3) is 0.857. The molecule has 114 valence electrons. The van der Waals surface area contributed by atoms with Crippen molar-refractivity contribution in [1.29, 1.82) is 0 Å². The van der Waals surface area contributed by atoms with Crippen LogP contribution < -0.4 is 5.32 Å². The van der Waals surface area contributed by atoms with Crippen molar-refractivity contribution in [2.75, 3.05) is 40.8 Å². The number of piperazine rings is 1. The average Bonchev–Trinajstić information content (AvgIpc) is 2.87. The van der Waals surface area contributed by atoms with Crippen LogP contribution in [0.4, 0.5) is 0 Å². The summed E-state index contributed by atoms with van der Waals surface area (Å²) >= 11 is 0. The third-order valence-corrected chi connectivity index (χ3v) is 4.27. The molecule has 0 bridgehead atoms. The topological polar surface area (TPSA) is 49.2 Å². The molecule has 0 aliphatic carbocycles. The molecule has 2 heterocycles. The molecular formula is C14H28N6. The third-order valence-electron chi connectivity index (χ3n) is 4.27. The van der Waals surface area contributed by atoms with E-state index < -0.39 is 0 Å². The quantitative estimate of drug-likeness (QED) is 0.837. The van der Waals surface area contributed by atoms with E-state index in [9.17, 15) is 0 Å². The summed E-state index contributed by atoms with van der Waals surface area (Å²) in [4.78, 5) is 9.30. The number of hydrogen-bond donors (Lipinski definition) is 1. The molecule has 2 unspecified atom stereocenters. The first-order valence-corrected chi connectivity index (χ1v) is 7.47. The second-order valence-corrected chi connectivity index (χ2v) is 6.12. The maximum Gasteiger partial charge on any atom is 0.138 e. The fourth-order valence-corrected chi connectivity index (χ4v) is 2.96. The summed E-state index contributed by atoms with van der Waals surface area (Å²) in [6.07, 6.45) is 2.58. The number of nitrogens with one attached hydrogen (secondary N) is 1. The van der Waals surface area contributed by atoms with E-state index in [1.54, 1.807) is 6.33 Å². The summed E-state index contributed by atoms with van der Waals surface area (Å²) < 4.78 is 2.02. The van der Waals surface area contributed by atoms with E-state index in [-0.39, 0.29) is 0 Å². The summed E-state index contributed by atoms with van der Waals surface area (Å²) in [7, 11) is 6.46. The second-order valence-electron chi connectivity index (χ2n) is 6.12. The molecule has 1 fully saturated rings. The monoisotopic (exact) mass is 280 g/mol. The summed E-state index contributed by atoms with van der Waals surface area (Å²) in [6, 6.07) is 1.26. The van der Waals surface area contributed by atoms with Gasteiger partial charge >= 0.3 is 0 Å². The van der Waals surface area contributed by atoms with Gasteiger partial charge in [0.1, 0.15) is 12.2 Å². The first-order chi connectivity index (χ1) is 9.52. The molecule has 0 amide bonds. The molecule has 0 aromatic carbocycles. The van der Waals surface area contributed by atoms with E-state index in [2.05, 4.69) is 53.1 Å². The van der Waals surface area contributed by atoms with Gasteiger partial charge in [0.05, 0.1) is 0 Å². The smallest absolute Gasteiger partial charge is 0.138 e. The molecule has 6 heteroatoms. The van der Waals surface area contributed by atoms with Crippen LogP contribution in [0, 0.1) is 0 Å². The van der Waals surface area contributed by atoms with Crippen molar-refractivity contribution in [3.8, 4) is 0 Å². The minimum atomic E-state index is 0.358. The van der Waals surface area contributed by atoms with Crippen LogP contribution in [0.25, 0.3) is 0 Å². The van der Waals surface area contributed by atoms with Crippen LogP contribution >= 0.6 is 0 Å². The van der Waals surface area contributed by atoms with Crippen molar-refractivity contribution in [1.82, 2.24) is 29.9 Å². The van der Waals surface area contributed by atoms with Crippen molar-refractivity contribution < 1.29 is 0 Å². The van der Waals surface area contributed by atoms with Crippen LogP contribution in [0.5, 0.6) is 0 Å². The third kappa shape index (κ3) is 3.37. The van der Waals surface area contributed by atoms with Gasteiger partial charge in [-0.25, -0.2) is 9.67 Å². The minimum Gasteiger partial charge on any atom is -0.315 e. The highest BCUT2D eigenvalue weighted by Gasteiger charge is 2.30. The Morgan fingerprint density at radius 1 is 1.35 bits per heavy atom. The Labute approximate surface area is 122 Å². The van der Waals surface area contributed by atoms with Crippen molar-refractivity contribution in [3.05, 3.63) is 12.2 Å². The molecule has 0 spiro atoms. The molecule has 20 heavy (non-hydrogen) atoms. The molecule has 1 aliphatic heterocycles. The largest absolute Gasteiger partial charge is 0.315 e. The highest BCUT2D eigenvalue weighted by Crippen LogP contribution is 2.15. The van der Waals surface area contributed by atoms with Gasteiger partial charge in [-0.1, -0.05) is 0 Å². The molecule has 1 aromatic rings. The number of nitrogens with zero attached hydrogens (tertiary/aromatic N) is 5. The van der Waals surface area contributed by atoms with E-state index in [1.165, 1.54) is 0 Å². The van der Waals surface area contributed by atoms with Gasteiger partial charge in [0.15, 0.2) is 0 Å². The Hall–Kier alpha value is -0.980. The Morgan fingerprint density at radius 3 is 2.75 bits per heavy atom. The molecule has 1 aromatic heterocycles. The van der Waals surface area contributed by atoms with Gasteiger partial charge in [0, 0.05) is 44.2 Å². The zero-order valence-electron chi connectivity index (χ0n) is 13.4. The Balaban J connectivity index is 2.10. The van der Waals surface area contributed by atoms with E-state index in [0.29, 0.717) is 18.1 Å². The summed E-state index contributed by atoms with van der Waals surface area (Å²) in [5.41, 5.74) is 0. The lowest BCUT2D eigenvalue weighted by atomic mass is 10.0. The van der Waals surface area contributed by atoms with Crippen molar-refractivity contribution in [2.45, 2.75) is 38.4 Å². The molecule has 6 nitrogen and oxygen atoms in total. The van der Waals surface area contributed by atoms with Gasteiger partial charge in [-0.2, -0.15) is 5.10 Å². The van der Waals surface area contributed by atoms with E-state index >= 15 is 0 Å². The first-order valence-electron chi connectivity index (χ1n) is 7.47. The first kappa shape index (κ1) is 15.4. The lowest BCUT2D eigenvalue weighted by molar-refractivity contribution is 0.0888. The van der Waals surface area contributed by atoms with Crippen LogP contribution in [0.2, 0.25) is 0 Å². The minimum absolute atomic E-state index is 0.358. The number of likely N-dealkylation sites (N-methyl/N-ethyl adjacent to an activating group) is 3. The van der Waals surface area contributed by atoms with Crippen LogP contribution in [-0.4, -0.2) is 77.4 Å². The predicted octanol–water partition coefficient (Wildman–Crippen LogP) is 0.235. The number of hydrogen-bond acceptors (Lipinski definition) is 5. The van der Waals surface area contributed by atoms with Crippen molar-refractivity contribution >= 4 is 0 Å². The Morgan fingerprint density at radius 2 is 2.10 bits per heavy atom. The molecule has 1 aliphatic rings. The Kier molecular flexibility index (Phi) is 5.12. The second kappa shape index (κ2) is 6.65. The molecule has 0 radical (unpaired) electrons. The molecule has 0 saturated carbocycles. The van der Waals surface area contributed by atoms with Crippen LogP contribution in [0.1, 0.15) is 25.7 Å². The standard InChI is InChI=1S/C14H28N6/c1-11(2)20-14(16-10-17-20)8-12(15-3)13-9-18(4)6-7-19(13)5/h10-13,15H,6-9H2,1-5H3. The predicted molar refractivity (Wildman–Crippen MR) is 80.9 cm³/mol. The zero-order chi connectivity index (χ0) is 14.7. The Bertz CT molecular complexity index is 416. The van der Waals surface area contributed by atoms with Crippen LogP contribution in [0.15, 0.2) is 6.33 Å². The maximum atomic E-state index is 4.44. The number of rotatable bonds is 5. The fourth-order valence-electron chi connectivity index (χ4n) is 2.96. The van der Waals surface area contributed by atoms with Gasteiger partial charge in [0.25, 0.3) is 0 Å². The maximum absolute atomic E-state index is 4.44. The summed E-state index contributed by atoms with van der Waals surface area (Å²) in [6.45, 7) is 7.65. The lowest BCUT2D eigenvalue weighted by Gasteiger charge is -2.41. The van der Waals surface area contributed by atoms with E-state index in [1.807, 2.05) is 11.7 Å². The highest BCUT2D eigenvalue weighted by atomic mass is 15.3. The van der Waals surface area contributed by atoms with Gasteiger partial charge < -0.3 is 10.2 Å². The SMILES string of the molecule is CNC(Cc1ncnn1C(C)C)C1CN(C)CCN1C. The van der Waals surface area contributed by atoms with Crippen LogP contribution in [-0.2, 0) is 6.42 Å². The van der Waals surface area contributed by atoms with E-state index in [0.717, 1.165) is 31.9 Å². The van der Waals surface area contributed by atoms with Gasteiger partial charge in [0.2, 0.25) is 0 Å². The van der Waals surface area contributed by atoms with Crippen molar-refractivity contribution in [2.24, 2.45) is 0 Å². The molecular weight excluding hydrogens is 252 g/mol. The van der Waals surface area contributed by atoms with E-state index in [4.69, 9.17) is 0 Å². The lowest BCUT2D eigenvalue weighted by Crippen LogP contribution is -2.58. The molecule has 1 N–H and O–H groups in total. The molecule has 2 rings (SSSR count). The summed E-state index contributed by atoms with van der Waals surface area (Å²) in [5, 5.41) is 7.81. The van der Waals surface area contributed by atoms with Crippen LogP contribution in [0.3, 0.4) is 0 Å². The summed E-state index contributed by atoms with van der Waals surface area (Å²) in [5.74, 6) is 1.07. The van der Waals surface area contributed by atoms with Gasteiger partial charge in [-0.3, -0.25) is 4.90 Å².